The van der Waals surface area contributed by atoms with Gasteiger partial charge in [-0.05, 0) is 35.7 Å². The number of carbonyl (C=O) groups is 1. The molecule has 2 aromatic rings. The minimum Gasteiger partial charge on any atom is -0.467 e. The number of methoxy groups -OCH3 is 1. The summed E-state index contributed by atoms with van der Waals surface area (Å²) < 4.78 is 4.93. The van der Waals surface area contributed by atoms with Crippen LogP contribution in [0.3, 0.4) is 0 Å². The van der Waals surface area contributed by atoms with Crippen LogP contribution in [0.1, 0.15) is 24.5 Å². The molecule has 1 heterocycles. The second kappa shape index (κ2) is 5.65. The normalized spacial score (nSPS) is 23.3. The number of ether oxygens (including phenoxy) is 1. The standard InChI is InChI=1S/C18H18ClNO2/c1-18(12-6-4-3-5-7-12)11-16(17(21)22-2)20-15-9-8-13(19)10-14(15)18/h3-10,16,20H,11H2,1-2H3. The first-order valence-electron chi connectivity index (χ1n) is 7.24. The second-order valence-corrected chi connectivity index (χ2v) is 6.25. The van der Waals surface area contributed by atoms with Crippen LogP contribution in [0.4, 0.5) is 5.69 Å². The van der Waals surface area contributed by atoms with Gasteiger partial charge in [0.1, 0.15) is 6.04 Å². The Hall–Kier alpha value is -2.00. The minimum absolute atomic E-state index is 0.247. The third-order valence-corrected chi connectivity index (χ3v) is 4.65. The fraction of sp³-hybridized carbons (Fsp3) is 0.278. The van der Waals surface area contributed by atoms with Crippen LogP contribution in [-0.2, 0) is 14.9 Å². The lowest BCUT2D eigenvalue weighted by atomic mass is 9.69. The Morgan fingerprint density at radius 1 is 1.27 bits per heavy atom. The molecule has 1 N–H and O–H groups in total. The van der Waals surface area contributed by atoms with E-state index in [4.69, 9.17) is 16.3 Å². The van der Waals surface area contributed by atoms with Gasteiger partial charge in [-0.15, -0.1) is 0 Å². The van der Waals surface area contributed by atoms with Gasteiger partial charge in [0.2, 0.25) is 0 Å². The first-order valence-corrected chi connectivity index (χ1v) is 7.62. The van der Waals surface area contributed by atoms with Crippen LogP contribution in [-0.4, -0.2) is 19.1 Å². The molecule has 3 nitrogen and oxygen atoms in total. The second-order valence-electron chi connectivity index (χ2n) is 5.81. The predicted octanol–water partition coefficient (Wildman–Crippen LogP) is 4.00. The summed E-state index contributed by atoms with van der Waals surface area (Å²) in [7, 11) is 1.42. The lowest BCUT2D eigenvalue weighted by Gasteiger charge is -2.40. The van der Waals surface area contributed by atoms with Gasteiger partial charge >= 0.3 is 5.97 Å². The molecule has 0 fully saturated rings. The maximum absolute atomic E-state index is 12.1. The van der Waals surface area contributed by atoms with Gasteiger partial charge in [-0.1, -0.05) is 48.9 Å². The zero-order chi connectivity index (χ0) is 15.7. The molecule has 4 heteroatoms. The molecule has 0 amide bonds. The number of halogens is 1. The molecule has 22 heavy (non-hydrogen) atoms. The van der Waals surface area contributed by atoms with Crippen molar-refractivity contribution in [3.8, 4) is 0 Å². The summed E-state index contributed by atoms with van der Waals surface area (Å²) in [5.41, 5.74) is 2.89. The van der Waals surface area contributed by atoms with Crippen molar-refractivity contribution in [1.29, 1.82) is 0 Å². The topological polar surface area (TPSA) is 38.3 Å². The highest BCUT2D eigenvalue weighted by molar-refractivity contribution is 6.30. The number of fused-ring (bicyclic) bond motifs is 1. The van der Waals surface area contributed by atoms with Crippen molar-refractivity contribution in [3.05, 3.63) is 64.7 Å². The van der Waals surface area contributed by atoms with E-state index < -0.39 is 0 Å². The van der Waals surface area contributed by atoms with Gasteiger partial charge in [-0.25, -0.2) is 4.79 Å². The van der Waals surface area contributed by atoms with Crippen LogP contribution in [0, 0.1) is 0 Å². The number of hydrogen-bond acceptors (Lipinski definition) is 3. The van der Waals surface area contributed by atoms with E-state index in [-0.39, 0.29) is 17.4 Å². The van der Waals surface area contributed by atoms with Crippen molar-refractivity contribution in [1.82, 2.24) is 0 Å². The number of hydrogen-bond donors (Lipinski definition) is 1. The van der Waals surface area contributed by atoms with E-state index in [1.54, 1.807) is 0 Å². The molecule has 0 aliphatic carbocycles. The zero-order valence-corrected chi connectivity index (χ0v) is 13.4. The number of anilines is 1. The Morgan fingerprint density at radius 3 is 2.68 bits per heavy atom. The largest absolute Gasteiger partial charge is 0.467 e. The highest BCUT2D eigenvalue weighted by atomic mass is 35.5. The van der Waals surface area contributed by atoms with Gasteiger partial charge < -0.3 is 10.1 Å². The van der Waals surface area contributed by atoms with E-state index in [1.807, 2.05) is 36.4 Å². The molecule has 2 atom stereocenters. The SMILES string of the molecule is COC(=O)C1CC(C)(c2ccccc2)c2cc(Cl)ccc2N1. The van der Waals surface area contributed by atoms with Crippen LogP contribution in [0.5, 0.6) is 0 Å². The van der Waals surface area contributed by atoms with Crippen molar-refractivity contribution >= 4 is 23.3 Å². The lowest BCUT2D eigenvalue weighted by molar-refractivity contribution is -0.142. The van der Waals surface area contributed by atoms with E-state index >= 15 is 0 Å². The summed E-state index contributed by atoms with van der Waals surface area (Å²) in [4.78, 5) is 12.1. The molecular weight excluding hydrogens is 298 g/mol. The average molecular weight is 316 g/mol. The van der Waals surface area contributed by atoms with E-state index in [0.29, 0.717) is 11.4 Å². The molecule has 0 saturated carbocycles. The zero-order valence-electron chi connectivity index (χ0n) is 12.6. The molecular formula is C18H18ClNO2. The van der Waals surface area contributed by atoms with Crippen molar-refractivity contribution < 1.29 is 9.53 Å². The molecule has 1 aliphatic rings. The average Bonchev–Trinajstić information content (AvgIpc) is 2.55. The van der Waals surface area contributed by atoms with Crippen molar-refractivity contribution in [2.45, 2.75) is 24.8 Å². The van der Waals surface area contributed by atoms with Gasteiger partial charge in [0, 0.05) is 16.1 Å². The highest BCUT2D eigenvalue weighted by Crippen LogP contribution is 2.45. The Labute approximate surface area is 135 Å². The number of carbonyl (C=O) groups excluding carboxylic acids is 1. The molecule has 0 radical (unpaired) electrons. The van der Waals surface area contributed by atoms with E-state index in [0.717, 1.165) is 16.8 Å². The highest BCUT2D eigenvalue weighted by Gasteiger charge is 2.40. The summed E-state index contributed by atoms with van der Waals surface area (Å²) in [5.74, 6) is -0.247. The fourth-order valence-corrected chi connectivity index (χ4v) is 3.39. The summed E-state index contributed by atoms with van der Waals surface area (Å²) in [6.45, 7) is 2.15. The molecule has 1 aliphatic heterocycles. The third kappa shape index (κ3) is 2.46. The van der Waals surface area contributed by atoms with E-state index in [9.17, 15) is 4.79 Å². The number of nitrogens with one attached hydrogen (secondary N) is 1. The van der Waals surface area contributed by atoms with E-state index in [1.165, 1.54) is 7.11 Å². The van der Waals surface area contributed by atoms with Crippen LogP contribution in [0.15, 0.2) is 48.5 Å². The van der Waals surface area contributed by atoms with Gasteiger partial charge in [-0.3, -0.25) is 0 Å². The smallest absolute Gasteiger partial charge is 0.328 e. The van der Waals surface area contributed by atoms with Crippen molar-refractivity contribution in [3.63, 3.8) is 0 Å². The maximum Gasteiger partial charge on any atom is 0.328 e. The lowest BCUT2D eigenvalue weighted by Crippen LogP contribution is -2.43. The van der Waals surface area contributed by atoms with Crippen LogP contribution in [0.2, 0.25) is 5.02 Å². The Kier molecular flexibility index (Phi) is 3.83. The van der Waals surface area contributed by atoms with Crippen molar-refractivity contribution in [2.24, 2.45) is 0 Å². The fourth-order valence-electron chi connectivity index (χ4n) is 3.22. The first-order chi connectivity index (χ1) is 10.5. The summed E-state index contributed by atoms with van der Waals surface area (Å²) in [5, 5.41) is 3.96. The number of rotatable bonds is 2. The molecule has 0 bridgehead atoms. The monoisotopic (exact) mass is 315 g/mol. The van der Waals surface area contributed by atoms with E-state index in [2.05, 4.69) is 24.4 Å². The van der Waals surface area contributed by atoms with Gasteiger partial charge in [-0.2, -0.15) is 0 Å². The molecule has 2 unspecified atom stereocenters. The minimum atomic E-state index is -0.371. The molecule has 0 spiro atoms. The Balaban J connectivity index is 2.15. The van der Waals surface area contributed by atoms with Crippen molar-refractivity contribution in [2.75, 3.05) is 12.4 Å². The van der Waals surface area contributed by atoms with Gasteiger partial charge in [0.25, 0.3) is 0 Å². The first kappa shape index (κ1) is 14.9. The molecule has 3 rings (SSSR count). The molecule has 0 saturated heterocycles. The predicted molar refractivity (Wildman–Crippen MR) is 88.4 cm³/mol. The molecule has 2 aromatic carbocycles. The van der Waals surface area contributed by atoms with Crippen LogP contribution >= 0.6 is 11.6 Å². The quantitative estimate of drug-likeness (QED) is 0.851. The van der Waals surface area contributed by atoms with Crippen LogP contribution in [0.25, 0.3) is 0 Å². The summed E-state index contributed by atoms with van der Waals surface area (Å²) in [6.07, 6.45) is 0.622. The summed E-state index contributed by atoms with van der Waals surface area (Å²) in [6, 6.07) is 15.6. The third-order valence-electron chi connectivity index (χ3n) is 4.41. The van der Waals surface area contributed by atoms with Gasteiger partial charge in [0.15, 0.2) is 0 Å². The maximum atomic E-state index is 12.1. The van der Waals surface area contributed by atoms with Gasteiger partial charge in [0.05, 0.1) is 7.11 Å². The molecule has 0 aromatic heterocycles. The summed E-state index contributed by atoms with van der Waals surface area (Å²) >= 11 is 6.20. The number of esters is 1. The number of benzene rings is 2. The molecule has 114 valence electrons. The Morgan fingerprint density at radius 2 is 2.00 bits per heavy atom. The Bertz CT molecular complexity index is 701. The van der Waals surface area contributed by atoms with Crippen LogP contribution < -0.4 is 5.32 Å².